The molecule has 2 aromatic rings. The van der Waals surface area contributed by atoms with Crippen LogP contribution in [-0.2, 0) is 11.3 Å². The number of aromatic nitrogens is 2. The Morgan fingerprint density at radius 2 is 1.96 bits per heavy atom. The molecular weight excluding hydrogens is 294 g/mol. The number of hydrogen-bond donors (Lipinski definition) is 1. The summed E-state index contributed by atoms with van der Waals surface area (Å²) in [6.45, 7) is 2.97. The van der Waals surface area contributed by atoms with Crippen molar-refractivity contribution in [2.45, 2.75) is 26.3 Å². The summed E-state index contributed by atoms with van der Waals surface area (Å²) in [7, 11) is 1.60. The van der Waals surface area contributed by atoms with Gasteiger partial charge in [-0.1, -0.05) is 0 Å². The van der Waals surface area contributed by atoms with E-state index in [-0.39, 0.29) is 11.5 Å². The average Bonchev–Trinajstić information content (AvgIpc) is 2.57. The van der Waals surface area contributed by atoms with Gasteiger partial charge in [-0.2, -0.15) is 5.10 Å². The van der Waals surface area contributed by atoms with E-state index in [4.69, 9.17) is 4.74 Å². The van der Waals surface area contributed by atoms with Crippen LogP contribution < -0.4 is 15.6 Å². The smallest absolute Gasteiger partial charge is 0.266 e. The minimum Gasteiger partial charge on any atom is -0.494 e. The van der Waals surface area contributed by atoms with Crippen LogP contribution in [0, 0.1) is 0 Å². The molecule has 0 aliphatic rings. The van der Waals surface area contributed by atoms with Crippen LogP contribution in [0.4, 0.5) is 0 Å². The highest BCUT2D eigenvalue weighted by Gasteiger charge is 2.05. The largest absolute Gasteiger partial charge is 0.494 e. The van der Waals surface area contributed by atoms with Gasteiger partial charge in [-0.25, -0.2) is 4.68 Å². The molecule has 6 heteroatoms. The summed E-state index contributed by atoms with van der Waals surface area (Å²) in [5.41, 5.74) is 1.46. The van der Waals surface area contributed by atoms with E-state index < -0.39 is 0 Å². The fourth-order valence-corrected chi connectivity index (χ4v) is 2.17. The second kappa shape index (κ2) is 8.12. The number of rotatable bonds is 7. The number of nitrogens with zero attached hydrogens (tertiary/aromatic N) is 2. The lowest BCUT2D eigenvalue weighted by Gasteiger charge is -2.08. The monoisotopic (exact) mass is 315 g/mol. The summed E-state index contributed by atoms with van der Waals surface area (Å²) in [6, 6.07) is 10.8. The van der Waals surface area contributed by atoms with Gasteiger partial charge in [0, 0.05) is 31.6 Å². The van der Waals surface area contributed by atoms with Crippen molar-refractivity contribution in [2.24, 2.45) is 0 Å². The van der Waals surface area contributed by atoms with E-state index in [9.17, 15) is 9.59 Å². The molecule has 0 radical (unpaired) electrons. The van der Waals surface area contributed by atoms with Gasteiger partial charge in [0.1, 0.15) is 5.75 Å². The first kappa shape index (κ1) is 16.7. The first-order chi connectivity index (χ1) is 11.1. The Labute approximate surface area is 135 Å². The molecule has 0 atom stereocenters. The van der Waals surface area contributed by atoms with Crippen LogP contribution in [0.3, 0.4) is 0 Å². The van der Waals surface area contributed by atoms with Crippen molar-refractivity contribution < 1.29 is 9.53 Å². The molecule has 1 N–H and O–H groups in total. The van der Waals surface area contributed by atoms with Crippen LogP contribution in [0.15, 0.2) is 41.2 Å². The highest BCUT2D eigenvalue weighted by atomic mass is 16.5. The SMILES string of the molecule is CCOc1ccc(-c2ccc(=O)n(CCCC(=O)NC)n2)cc1. The van der Waals surface area contributed by atoms with Gasteiger partial charge < -0.3 is 10.1 Å². The zero-order valence-electron chi connectivity index (χ0n) is 13.4. The average molecular weight is 315 g/mol. The highest BCUT2D eigenvalue weighted by Crippen LogP contribution is 2.19. The molecule has 0 aliphatic heterocycles. The molecule has 1 heterocycles. The molecule has 122 valence electrons. The Balaban J connectivity index is 2.12. The molecule has 0 fully saturated rings. The molecule has 0 saturated heterocycles. The minimum absolute atomic E-state index is 0.0410. The molecule has 0 aliphatic carbocycles. The molecular formula is C17H21N3O3. The number of carbonyl (C=O) groups excluding carboxylic acids is 1. The third-order valence-corrected chi connectivity index (χ3v) is 3.38. The zero-order chi connectivity index (χ0) is 16.7. The Morgan fingerprint density at radius 3 is 2.61 bits per heavy atom. The first-order valence-corrected chi connectivity index (χ1v) is 7.66. The molecule has 1 aromatic heterocycles. The number of benzene rings is 1. The number of amides is 1. The van der Waals surface area contributed by atoms with Gasteiger partial charge in [0.2, 0.25) is 5.91 Å². The molecule has 2 rings (SSSR count). The van der Waals surface area contributed by atoms with E-state index in [1.807, 2.05) is 31.2 Å². The molecule has 23 heavy (non-hydrogen) atoms. The van der Waals surface area contributed by atoms with Gasteiger partial charge in [0.15, 0.2) is 0 Å². The highest BCUT2D eigenvalue weighted by molar-refractivity contribution is 5.75. The zero-order valence-corrected chi connectivity index (χ0v) is 13.4. The molecule has 0 bridgehead atoms. The number of hydrogen-bond acceptors (Lipinski definition) is 4. The Hall–Kier alpha value is -2.63. The normalized spacial score (nSPS) is 10.3. The Morgan fingerprint density at radius 1 is 1.22 bits per heavy atom. The van der Waals surface area contributed by atoms with Crippen LogP contribution in [0.2, 0.25) is 0 Å². The predicted octanol–water partition coefficient (Wildman–Crippen LogP) is 1.84. The maximum absolute atomic E-state index is 11.9. The fourth-order valence-electron chi connectivity index (χ4n) is 2.17. The third-order valence-electron chi connectivity index (χ3n) is 3.38. The van der Waals surface area contributed by atoms with Crippen molar-refractivity contribution in [3.05, 3.63) is 46.8 Å². The molecule has 0 saturated carbocycles. The summed E-state index contributed by atoms with van der Waals surface area (Å²) in [5.74, 6) is 0.760. The quantitative estimate of drug-likeness (QED) is 0.846. The summed E-state index contributed by atoms with van der Waals surface area (Å²) >= 11 is 0. The second-order valence-electron chi connectivity index (χ2n) is 5.01. The lowest BCUT2D eigenvalue weighted by Crippen LogP contribution is -2.24. The fraction of sp³-hybridized carbons (Fsp3) is 0.353. The number of aryl methyl sites for hydroxylation is 1. The maximum atomic E-state index is 11.9. The van der Waals surface area contributed by atoms with Gasteiger partial charge in [0.25, 0.3) is 5.56 Å². The topological polar surface area (TPSA) is 73.2 Å². The molecule has 1 aromatic carbocycles. The Kier molecular flexibility index (Phi) is 5.91. The number of nitrogens with one attached hydrogen (secondary N) is 1. The molecule has 0 spiro atoms. The third kappa shape index (κ3) is 4.67. The summed E-state index contributed by atoms with van der Waals surface area (Å²) < 4.78 is 6.81. The van der Waals surface area contributed by atoms with Crippen molar-refractivity contribution in [1.29, 1.82) is 0 Å². The second-order valence-corrected chi connectivity index (χ2v) is 5.01. The van der Waals surface area contributed by atoms with Crippen molar-refractivity contribution in [1.82, 2.24) is 15.1 Å². The van der Waals surface area contributed by atoms with E-state index in [1.165, 1.54) is 10.7 Å². The van der Waals surface area contributed by atoms with Gasteiger partial charge in [-0.3, -0.25) is 9.59 Å². The standard InChI is InChI=1S/C17H21N3O3/c1-3-23-14-8-6-13(7-9-14)15-10-11-17(22)20(19-15)12-4-5-16(21)18-2/h6-11H,3-5,12H2,1-2H3,(H,18,21). The van der Waals surface area contributed by atoms with Crippen LogP contribution in [0.1, 0.15) is 19.8 Å². The number of carbonyl (C=O) groups is 1. The number of ether oxygens (including phenoxy) is 1. The maximum Gasteiger partial charge on any atom is 0.266 e. The van der Waals surface area contributed by atoms with Crippen LogP contribution in [-0.4, -0.2) is 29.3 Å². The molecule has 0 unspecified atom stereocenters. The Bertz CT molecular complexity index is 708. The van der Waals surface area contributed by atoms with Crippen LogP contribution >= 0.6 is 0 Å². The van der Waals surface area contributed by atoms with Gasteiger partial charge in [-0.05, 0) is 43.7 Å². The minimum atomic E-state index is -0.170. The van der Waals surface area contributed by atoms with E-state index in [0.29, 0.717) is 31.7 Å². The van der Waals surface area contributed by atoms with Crippen LogP contribution in [0.5, 0.6) is 5.75 Å². The first-order valence-electron chi connectivity index (χ1n) is 7.66. The van der Waals surface area contributed by atoms with E-state index in [1.54, 1.807) is 13.1 Å². The van der Waals surface area contributed by atoms with Crippen molar-refractivity contribution in [3.63, 3.8) is 0 Å². The predicted molar refractivity (Wildman–Crippen MR) is 88.4 cm³/mol. The van der Waals surface area contributed by atoms with E-state index in [2.05, 4.69) is 10.4 Å². The van der Waals surface area contributed by atoms with Crippen LogP contribution in [0.25, 0.3) is 11.3 Å². The summed E-state index contributed by atoms with van der Waals surface area (Å²) in [6.07, 6.45) is 0.942. The summed E-state index contributed by atoms with van der Waals surface area (Å²) in [5, 5.41) is 6.93. The lowest BCUT2D eigenvalue weighted by molar-refractivity contribution is -0.120. The molecule has 6 nitrogen and oxygen atoms in total. The van der Waals surface area contributed by atoms with Crippen molar-refractivity contribution in [2.75, 3.05) is 13.7 Å². The van der Waals surface area contributed by atoms with E-state index in [0.717, 1.165) is 11.3 Å². The summed E-state index contributed by atoms with van der Waals surface area (Å²) in [4.78, 5) is 23.1. The van der Waals surface area contributed by atoms with E-state index >= 15 is 0 Å². The van der Waals surface area contributed by atoms with Crippen molar-refractivity contribution in [3.8, 4) is 17.0 Å². The molecule has 1 amide bonds. The van der Waals surface area contributed by atoms with Crippen molar-refractivity contribution >= 4 is 5.91 Å². The van der Waals surface area contributed by atoms with Gasteiger partial charge in [-0.15, -0.1) is 0 Å². The van der Waals surface area contributed by atoms with Gasteiger partial charge in [0.05, 0.1) is 12.3 Å². The van der Waals surface area contributed by atoms with Gasteiger partial charge >= 0.3 is 0 Å². The lowest BCUT2D eigenvalue weighted by atomic mass is 10.1.